The zero-order valence-corrected chi connectivity index (χ0v) is 13.5. The minimum absolute atomic E-state index is 0.0149. The lowest BCUT2D eigenvalue weighted by atomic mass is 9.94. The van der Waals surface area contributed by atoms with Crippen LogP contribution in [0.5, 0.6) is 0 Å². The number of rotatable bonds is 4. The summed E-state index contributed by atoms with van der Waals surface area (Å²) in [5.74, 6) is 0.435. The van der Waals surface area contributed by atoms with Crippen LogP contribution in [0, 0.1) is 11.8 Å². The van der Waals surface area contributed by atoms with Crippen LogP contribution in [0.2, 0.25) is 0 Å². The van der Waals surface area contributed by atoms with Gasteiger partial charge in [-0.05, 0) is 43.5 Å². The van der Waals surface area contributed by atoms with Crippen molar-refractivity contribution < 1.29 is 9.59 Å². The largest absolute Gasteiger partial charge is 0.326 e. The van der Waals surface area contributed by atoms with Crippen molar-refractivity contribution in [2.45, 2.75) is 39.7 Å². The fraction of sp³-hybridized carbons (Fsp3) is 0.529. The Balaban J connectivity index is 1.97. The molecule has 120 valence electrons. The number of anilines is 2. The predicted octanol–water partition coefficient (Wildman–Crippen LogP) is 2.61. The van der Waals surface area contributed by atoms with Gasteiger partial charge >= 0.3 is 0 Å². The number of carbonyl (C=O) groups excluding carboxylic acids is 2. The van der Waals surface area contributed by atoms with Crippen molar-refractivity contribution >= 4 is 23.2 Å². The molecule has 0 bridgehead atoms. The number of hydrogen-bond donors (Lipinski definition) is 3. The van der Waals surface area contributed by atoms with Gasteiger partial charge in [0.05, 0.1) is 6.04 Å². The molecule has 1 aliphatic rings. The normalized spacial score (nSPS) is 21.5. The van der Waals surface area contributed by atoms with E-state index in [4.69, 9.17) is 0 Å². The fourth-order valence-electron chi connectivity index (χ4n) is 2.50. The number of benzene rings is 1. The van der Waals surface area contributed by atoms with Crippen molar-refractivity contribution in [1.29, 1.82) is 0 Å². The van der Waals surface area contributed by atoms with Crippen LogP contribution < -0.4 is 16.0 Å². The molecule has 2 amide bonds. The molecule has 2 rings (SSSR count). The van der Waals surface area contributed by atoms with Crippen LogP contribution in [0.4, 0.5) is 11.4 Å². The van der Waals surface area contributed by atoms with E-state index in [1.54, 1.807) is 6.07 Å². The molecule has 0 aromatic heterocycles. The summed E-state index contributed by atoms with van der Waals surface area (Å²) in [6, 6.07) is 7.11. The molecular formula is C17H25N3O2. The average Bonchev–Trinajstić information content (AvgIpc) is 2.47. The Labute approximate surface area is 131 Å². The van der Waals surface area contributed by atoms with Crippen LogP contribution in [0.25, 0.3) is 0 Å². The number of amides is 2. The Bertz CT molecular complexity index is 542. The van der Waals surface area contributed by atoms with Gasteiger partial charge in [-0.3, -0.25) is 9.59 Å². The second kappa shape index (κ2) is 7.40. The second-order valence-corrected chi connectivity index (χ2v) is 6.35. The molecule has 0 spiro atoms. The quantitative estimate of drug-likeness (QED) is 0.801. The van der Waals surface area contributed by atoms with E-state index in [0.717, 1.165) is 19.4 Å². The zero-order chi connectivity index (χ0) is 16.1. The van der Waals surface area contributed by atoms with Crippen molar-refractivity contribution in [1.82, 2.24) is 5.32 Å². The molecule has 1 fully saturated rings. The fourth-order valence-corrected chi connectivity index (χ4v) is 2.50. The Morgan fingerprint density at radius 2 is 1.91 bits per heavy atom. The summed E-state index contributed by atoms with van der Waals surface area (Å²) in [5.41, 5.74) is 1.40. The molecule has 22 heavy (non-hydrogen) atoms. The first-order valence-corrected chi connectivity index (χ1v) is 7.91. The molecule has 1 aromatic rings. The third-order valence-corrected chi connectivity index (χ3v) is 3.90. The van der Waals surface area contributed by atoms with Gasteiger partial charge in [-0.15, -0.1) is 0 Å². The van der Waals surface area contributed by atoms with Gasteiger partial charge in [0.2, 0.25) is 11.8 Å². The topological polar surface area (TPSA) is 70.2 Å². The molecule has 3 N–H and O–H groups in total. The van der Waals surface area contributed by atoms with Gasteiger partial charge in [-0.1, -0.05) is 26.8 Å². The number of nitrogens with one attached hydrogen (secondary N) is 3. The van der Waals surface area contributed by atoms with Gasteiger partial charge in [0, 0.05) is 17.3 Å². The van der Waals surface area contributed by atoms with Crippen LogP contribution in [0.3, 0.4) is 0 Å². The average molecular weight is 303 g/mol. The zero-order valence-electron chi connectivity index (χ0n) is 13.5. The van der Waals surface area contributed by atoms with Crippen molar-refractivity contribution in [3.8, 4) is 0 Å². The molecule has 2 unspecified atom stereocenters. The third-order valence-electron chi connectivity index (χ3n) is 3.90. The van der Waals surface area contributed by atoms with Gasteiger partial charge in [-0.25, -0.2) is 0 Å². The van der Waals surface area contributed by atoms with Crippen LogP contribution in [0.15, 0.2) is 24.3 Å². The molecule has 1 heterocycles. The van der Waals surface area contributed by atoms with Gasteiger partial charge in [0.15, 0.2) is 0 Å². The molecule has 1 aromatic carbocycles. The molecular weight excluding hydrogens is 278 g/mol. The lowest BCUT2D eigenvalue weighted by molar-refractivity contribution is -0.119. The minimum atomic E-state index is -0.141. The predicted molar refractivity (Wildman–Crippen MR) is 88.7 cm³/mol. The van der Waals surface area contributed by atoms with Crippen LogP contribution >= 0.6 is 0 Å². The van der Waals surface area contributed by atoms with Crippen LogP contribution in [-0.4, -0.2) is 24.4 Å². The van der Waals surface area contributed by atoms with Crippen molar-refractivity contribution in [3.63, 3.8) is 0 Å². The summed E-state index contributed by atoms with van der Waals surface area (Å²) >= 11 is 0. The Hall–Kier alpha value is -1.88. The summed E-state index contributed by atoms with van der Waals surface area (Å²) in [6.45, 7) is 6.74. The van der Waals surface area contributed by atoms with E-state index < -0.39 is 0 Å². The number of hydrogen-bond acceptors (Lipinski definition) is 3. The third kappa shape index (κ3) is 4.56. The van der Waals surface area contributed by atoms with Gasteiger partial charge in [-0.2, -0.15) is 0 Å². The lowest BCUT2D eigenvalue weighted by Crippen LogP contribution is -2.45. The molecule has 0 saturated carbocycles. The van der Waals surface area contributed by atoms with Crippen molar-refractivity contribution in [2.75, 3.05) is 17.2 Å². The summed E-state index contributed by atoms with van der Waals surface area (Å²) in [5, 5.41) is 9.01. The van der Waals surface area contributed by atoms with Gasteiger partial charge in [0.25, 0.3) is 0 Å². The highest BCUT2D eigenvalue weighted by molar-refractivity contribution is 5.96. The monoisotopic (exact) mass is 303 g/mol. The summed E-state index contributed by atoms with van der Waals surface area (Å²) in [6.07, 6.45) is 1.97. The van der Waals surface area contributed by atoms with E-state index in [9.17, 15) is 9.59 Å². The first kappa shape index (κ1) is 16.5. The first-order chi connectivity index (χ1) is 10.5. The maximum atomic E-state index is 12.3. The lowest BCUT2D eigenvalue weighted by Gasteiger charge is -2.27. The first-order valence-electron chi connectivity index (χ1n) is 7.91. The van der Waals surface area contributed by atoms with Gasteiger partial charge in [0.1, 0.15) is 0 Å². The van der Waals surface area contributed by atoms with E-state index in [2.05, 4.69) is 22.9 Å². The van der Waals surface area contributed by atoms with Crippen molar-refractivity contribution in [3.05, 3.63) is 24.3 Å². The molecule has 2 atom stereocenters. The molecule has 5 nitrogen and oxygen atoms in total. The van der Waals surface area contributed by atoms with Crippen LogP contribution in [0.1, 0.15) is 33.6 Å². The highest BCUT2D eigenvalue weighted by Crippen LogP contribution is 2.19. The molecule has 0 aliphatic carbocycles. The van der Waals surface area contributed by atoms with E-state index in [1.165, 1.54) is 0 Å². The highest BCUT2D eigenvalue weighted by atomic mass is 16.2. The Morgan fingerprint density at radius 1 is 1.23 bits per heavy atom. The smallest absolute Gasteiger partial charge is 0.241 e. The molecule has 1 aliphatic heterocycles. The second-order valence-electron chi connectivity index (χ2n) is 6.35. The number of carbonyl (C=O) groups is 2. The molecule has 1 saturated heterocycles. The SMILES string of the molecule is CC1CCNC(C(=O)Nc2cccc(NC(=O)C(C)C)c2)C1. The summed E-state index contributed by atoms with van der Waals surface area (Å²) in [4.78, 5) is 24.0. The minimum Gasteiger partial charge on any atom is -0.326 e. The number of piperidine rings is 1. The molecule has 0 radical (unpaired) electrons. The summed E-state index contributed by atoms with van der Waals surface area (Å²) < 4.78 is 0. The van der Waals surface area contributed by atoms with E-state index in [0.29, 0.717) is 17.3 Å². The molecule has 5 heteroatoms. The van der Waals surface area contributed by atoms with E-state index >= 15 is 0 Å². The van der Waals surface area contributed by atoms with Gasteiger partial charge < -0.3 is 16.0 Å². The van der Waals surface area contributed by atoms with E-state index in [-0.39, 0.29) is 23.8 Å². The van der Waals surface area contributed by atoms with Crippen LogP contribution in [-0.2, 0) is 9.59 Å². The van der Waals surface area contributed by atoms with E-state index in [1.807, 2.05) is 32.0 Å². The maximum absolute atomic E-state index is 12.3. The Morgan fingerprint density at radius 3 is 2.55 bits per heavy atom. The maximum Gasteiger partial charge on any atom is 0.241 e. The standard InChI is InChI=1S/C17H25N3O2/c1-11(2)16(21)19-13-5-4-6-14(10-13)20-17(22)15-9-12(3)7-8-18-15/h4-6,10-12,15,18H,7-9H2,1-3H3,(H,19,21)(H,20,22). The Kier molecular flexibility index (Phi) is 5.55. The summed E-state index contributed by atoms with van der Waals surface area (Å²) in [7, 11) is 0. The highest BCUT2D eigenvalue weighted by Gasteiger charge is 2.24. The van der Waals surface area contributed by atoms with Crippen molar-refractivity contribution in [2.24, 2.45) is 11.8 Å².